The van der Waals surface area contributed by atoms with Crippen LogP contribution in [-0.2, 0) is 11.3 Å². The lowest BCUT2D eigenvalue weighted by Crippen LogP contribution is -2.31. The number of nitrogens with one attached hydrogen (secondary N) is 2. The van der Waals surface area contributed by atoms with Crippen LogP contribution in [0.15, 0.2) is 18.2 Å². The number of anilines is 1. The SMILES string of the molecule is O=C(CN1CCCC1)Nc1cccc2c1CNC2=O. The van der Waals surface area contributed by atoms with Gasteiger partial charge in [0.05, 0.1) is 6.54 Å². The first-order valence-electron chi connectivity index (χ1n) is 6.66. The Labute approximate surface area is 112 Å². The average Bonchev–Trinajstić information content (AvgIpc) is 3.01. The molecule has 5 nitrogen and oxygen atoms in total. The first kappa shape index (κ1) is 12.2. The first-order chi connectivity index (χ1) is 9.24. The van der Waals surface area contributed by atoms with Gasteiger partial charge in [0.1, 0.15) is 0 Å². The van der Waals surface area contributed by atoms with Crippen molar-refractivity contribution in [3.63, 3.8) is 0 Å². The minimum Gasteiger partial charge on any atom is -0.348 e. The molecule has 2 heterocycles. The lowest BCUT2D eigenvalue weighted by molar-refractivity contribution is -0.117. The molecular weight excluding hydrogens is 242 g/mol. The van der Waals surface area contributed by atoms with Crippen LogP contribution in [0.4, 0.5) is 5.69 Å². The number of rotatable bonds is 3. The Bertz CT molecular complexity index is 521. The van der Waals surface area contributed by atoms with E-state index in [1.807, 2.05) is 6.07 Å². The van der Waals surface area contributed by atoms with Crippen molar-refractivity contribution in [1.82, 2.24) is 10.2 Å². The van der Waals surface area contributed by atoms with Crippen LogP contribution >= 0.6 is 0 Å². The van der Waals surface area contributed by atoms with Crippen LogP contribution in [0.5, 0.6) is 0 Å². The predicted molar refractivity (Wildman–Crippen MR) is 71.9 cm³/mol. The van der Waals surface area contributed by atoms with Gasteiger partial charge in [-0.05, 0) is 38.1 Å². The van der Waals surface area contributed by atoms with E-state index in [1.54, 1.807) is 12.1 Å². The van der Waals surface area contributed by atoms with Gasteiger partial charge in [0.15, 0.2) is 0 Å². The van der Waals surface area contributed by atoms with Crippen LogP contribution in [0.1, 0.15) is 28.8 Å². The number of nitrogens with zero attached hydrogens (tertiary/aromatic N) is 1. The summed E-state index contributed by atoms with van der Waals surface area (Å²) in [7, 11) is 0. The second-order valence-corrected chi connectivity index (χ2v) is 5.05. The van der Waals surface area contributed by atoms with Gasteiger partial charge in [-0.25, -0.2) is 0 Å². The lowest BCUT2D eigenvalue weighted by Gasteiger charge is -2.15. The Morgan fingerprint density at radius 2 is 2.11 bits per heavy atom. The lowest BCUT2D eigenvalue weighted by atomic mass is 10.1. The van der Waals surface area contributed by atoms with E-state index in [2.05, 4.69) is 15.5 Å². The number of likely N-dealkylation sites (tertiary alicyclic amines) is 1. The van der Waals surface area contributed by atoms with Crippen molar-refractivity contribution in [2.24, 2.45) is 0 Å². The zero-order valence-electron chi connectivity index (χ0n) is 10.7. The number of carbonyl (C=O) groups is 2. The highest BCUT2D eigenvalue weighted by atomic mass is 16.2. The largest absolute Gasteiger partial charge is 0.348 e. The summed E-state index contributed by atoms with van der Waals surface area (Å²) in [5, 5.41) is 5.69. The summed E-state index contributed by atoms with van der Waals surface area (Å²) >= 11 is 0. The molecule has 0 aliphatic carbocycles. The van der Waals surface area contributed by atoms with E-state index in [9.17, 15) is 9.59 Å². The molecule has 2 amide bonds. The fraction of sp³-hybridized carbons (Fsp3) is 0.429. The summed E-state index contributed by atoms with van der Waals surface area (Å²) in [6, 6.07) is 5.43. The first-order valence-corrected chi connectivity index (χ1v) is 6.66. The van der Waals surface area contributed by atoms with E-state index < -0.39 is 0 Å². The molecule has 1 aromatic rings. The summed E-state index contributed by atoms with van der Waals surface area (Å²) in [6.45, 7) is 2.93. The molecule has 1 fully saturated rings. The molecule has 2 aliphatic heterocycles. The molecule has 0 bridgehead atoms. The fourth-order valence-corrected chi connectivity index (χ4v) is 2.70. The third kappa shape index (κ3) is 2.46. The zero-order chi connectivity index (χ0) is 13.2. The van der Waals surface area contributed by atoms with Crippen molar-refractivity contribution in [3.05, 3.63) is 29.3 Å². The minimum atomic E-state index is -0.0642. The van der Waals surface area contributed by atoms with Gasteiger partial charge in [0.25, 0.3) is 5.91 Å². The molecule has 0 radical (unpaired) electrons. The Morgan fingerprint density at radius 1 is 1.32 bits per heavy atom. The molecule has 0 saturated carbocycles. The smallest absolute Gasteiger partial charge is 0.251 e. The molecule has 0 unspecified atom stereocenters. The molecule has 1 aromatic carbocycles. The fourth-order valence-electron chi connectivity index (χ4n) is 2.70. The van der Waals surface area contributed by atoms with Crippen LogP contribution in [0.25, 0.3) is 0 Å². The second kappa shape index (κ2) is 5.01. The van der Waals surface area contributed by atoms with Gasteiger partial charge in [-0.2, -0.15) is 0 Å². The number of benzene rings is 1. The van der Waals surface area contributed by atoms with Gasteiger partial charge in [0, 0.05) is 23.4 Å². The molecule has 1 saturated heterocycles. The van der Waals surface area contributed by atoms with Gasteiger partial charge in [-0.1, -0.05) is 6.07 Å². The molecule has 0 spiro atoms. The van der Waals surface area contributed by atoms with E-state index in [4.69, 9.17) is 0 Å². The van der Waals surface area contributed by atoms with Crippen molar-refractivity contribution in [2.75, 3.05) is 25.0 Å². The normalized spacial score (nSPS) is 18.2. The molecule has 2 N–H and O–H groups in total. The van der Waals surface area contributed by atoms with Crippen LogP contribution in [0.2, 0.25) is 0 Å². The molecule has 100 valence electrons. The van der Waals surface area contributed by atoms with Crippen molar-refractivity contribution in [2.45, 2.75) is 19.4 Å². The van der Waals surface area contributed by atoms with Crippen LogP contribution in [-0.4, -0.2) is 36.3 Å². The Balaban J connectivity index is 1.70. The summed E-state index contributed by atoms with van der Waals surface area (Å²) < 4.78 is 0. The number of hydrogen-bond acceptors (Lipinski definition) is 3. The highest BCUT2D eigenvalue weighted by Gasteiger charge is 2.22. The Morgan fingerprint density at radius 3 is 2.89 bits per heavy atom. The highest BCUT2D eigenvalue weighted by Crippen LogP contribution is 2.24. The van der Waals surface area contributed by atoms with Gasteiger partial charge < -0.3 is 10.6 Å². The standard InChI is InChI=1S/C14H17N3O2/c18-13(9-17-6-1-2-7-17)16-12-5-3-4-10-11(12)8-15-14(10)19/h3-5H,1-2,6-9H2,(H,15,19)(H,16,18). The van der Waals surface area contributed by atoms with Crippen LogP contribution < -0.4 is 10.6 Å². The van der Waals surface area contributed by atoms with Crippen molar-refractivity contribution >= 4 is 17.5 Å². The monoisotopic (exact) mass is 259 g/mol. The van der Waals surface area contributed by atoms with E-state index in [0.717, 1.165) is 24.3 Å². The van der Waals surface area contributed by atoms with Crippen molar-refractivity contribution in [3.8, 4) is 0 Å². The maximum Gasteiger partial charge on any atom is 0.251 e. The van der Waals surface area contributed by atoms with Gasteiger partial charge >= 0.3 is 0 Å². The maximum atomic E-state index is 12.0. The van der Waals surface area contributed by atoms with Crippen molar-refractivity contribution in [1.29, 1.82) is 0 Å². The third-order valence-electron chi connectivity index (χ3n) is 3.69. The molecule has 0 aromatic heterocycles. The highest BCUT2D eigenvalue weighted by molar-refractivity contribution is 6.02. The van der Waals surface area contributed by atoms with Crippen molar-refractivity contribution < 1.29 is 9.59 Å². The van der Waals surface area contributed by atoms with Crippen LogP contribution in [0, 0.1) is 0 Å². The number of amides is 2. The van der Waals surface area contributed by atoms with Gasteiger partial charge in [-0.15, -0.1) is 0 Å². The predicted octanol–water partition coefficient (Wildman–Crippen LogP) is 0.964. The number of carbonyl (C=O) groups excluding carboxylic acids is 2. The second-order valence-electron chi connectivity index (χ2n) is 5.05. The topological polar surface area (TPSA) is 61.4 Å². The molecular formula is C14H17N3O2. The van der Waals surface area contributed by atoms with E-state index >= 15 is 0 Å². The number of hydrogen-bond donors (Lipinski definition) is 2. The third-order valence-corrected chi connectivity index (χ3v) is 3.69. The molecule has 3 rings (SSSR count). The summed E-state index contributed by atoms with van der Waals surface area (Å²) in [4.78, 5) is 25.7. The summed E-state index contributed by atoms with van der Waals surface area (Å²) in [5.41, 5.74) is 2.31. The Hall–Kier alpha value is -1.88. The molecule has 2 aliphatic rings. The van der Waals surface area contributed by atoms with E-state index in [1.165, 1.54) is 12.8 Å². The molecule has 19 heavy (non-hydrogen) atoms. The molecule has 5 heteroatoms. The summed E-state index contributed by atoms with van der Waals surface area (Å²) in [5.74, 6) is -0.0692. The van der Waals surface area contributed by atoms with Gasteiger partial charge in [0.2, 0.25) is 5.91 Å². The quantitative estimate of drug-likeness (QED) is 0.850. The Kier molecular flexibility index (Phi) is 3.21. The number of fused-ring (bicyclic) bond motifs is 1. The van der Waals surface area contributed by atoms with Crippen LogP contribution in [0.3, 0.4) is 0 Å². The maximum absolute atomic E-state index is 12.0. The minimum absolute atomic E-state index is 0.00495. The average molecular weight is 259 g/mol. The van der Waals surface area contributed by atoms with E-state index in [-0.39, 0.29) is 11.8 Å². The molecule has 0 atom stereocenters. The van der Waals surface area contributed by atoms with E-state index in [0.29, 0.717) is 18.7 Å². The summed E-state index contributed by atoms with van der Waals surface area (Å²) in [6.07, 6.45) is 2.35. The zero-order valence-corrected chi connectivity index (χ0v) is 10.7. The van der Waals surface area contributed by atoms with Gasteiger partial charge in [-0.3, -0.25) is 14.5 Å².